The minimum absolute atomic E-state index is 0.0222. The Morgan fingerprint density at radius 1 is 0.881 bits per heavy atom. The number of rotatable bonds is 5. The fourth-order valence-corrected chi connectivity index (χ4v) is 6.30. The van der Waals surface area contributed by atoms with Crippen LogP contribution in [-0.2, 0) is 24.2 Å². The molecule has 0 bridgehead atoms. The minimum Gasteiger partial charge on any atom is -0.472 e. The van der Waals surface area contributed by atoms with Crippen LogP contribution in [0.4, 0.5) is 0 Å². The monoisotopic (exact) mass is 593 g/mol. The second kappa shape index (κ2) is 12.6. The van der Waals surface area contributed by atoms with Crippen molar-refractivity contribution in [2.24, 2.45) is 0 Å². The van der Waals surface area contributed by atoms with Crippen LogP contribution in [0.5, 0.6) is 0 Å². The van der Waals surface area contributed by atoms with Crippen molar-refractivity contribution in [2.45, 2.75) is 31.9 Å². The van der Waals surface area contributed by atoms with Gasteiger partial charge in [0.2, 0.25) is 0 Å². The molecule has 0 saturated heterocycles. The summed E-state index contributed by atoms with van der Waals surface area (Å²) < 4.78 is 10.5. The molecule has 42 heavy (non-hydrogen) atoms. The highest BCUT2D eigenvalue weighted by molar-refractivity contribution is 7.18. The number of furan rings is 1. The molecule has 1 atom stereocenters. The molecule has 1 aliphatic carbocycles. The summed E-state index contributed by atoms with van der Waals surface area (Å²) in [4.78, 5) is 24.6. The Kier molecular flexibility index (Phi) is 8.35. The van der Waals surface area contributed by atoms with Crippen molar-refractivity contribution in [1.29, 1.82) is 0 Å². The number of hydrogen-bond donors (Lipinski definition) is 1. The van der Waals surface area contributed by atoms with E-state index < -0.39 is 0 Å². The van der Waals surface area contributed by atoms with Crippen molar-refractivity contribution in [3.8, 4) is 0 Å². The molecular formula is C35H28ClNO4S. The summed E-state index contributed by atoms with van der Waals surface area (Å²) in [7, 11) is 0. The molecule has 1 aliphatic rings. The number of carbonyl (C=O) groups is 2. The van der Waals surface area contributed by atoms with E-state index in [2.05, 4.69) is 53.8 Å². The molecule has 5 nitrogen and oxygen atoms in total. The normalized spacial score (nSPS) is 14.1. The predicted octanol–water partition coefficient (Wildman–Crippen LogP) is 8.63. The van der Waals surface area contributed by atoms with Gasteiger partial charge in [-0.1, -0.05) is 90.5 Å². The Labute approximate surface area is 252 Å². The van der Waals surface area contributed by atoms with Crippen LogP contribution in [0.3, 0.4) is 0 Å². The summed E-state index contributed by atoms with van der Waals surface area (Å²) in [6, 6.07) is 32.3. The van der Waals surface area contributed by atoms with E-state index in [9.17, 15) is 9.59 Å². The molecular weight excluding hydrogens is 566 g/mol. The van der Waals surface area contributed by atoms with Gasteiger partial charge in [-0.25, -0.2) is 4.79 Å². The average molecular weight is 594 g/mol. The van der Waals surface area contributed by atoms with Crippen LogP contribution < -0.4 is 5.32 Å². The Bertz CT molecular complexity index is 1850. The zero-order valence-corrected chi connectivity index (χ0v) is 24.3. The zero-order chi connectivity index (χ0) is 28.9. The van der Waals surface area contributed by atoms with E-state index in [4.69, 9.17) is 20.8 Å². The molecule has 0 saturated carbocycles. The van der Waals surface area contributed by atoms with Crippen molar-refractivity contribution in [2.75, 3.05) is 0 Å². The fraction of sp³-hybridized carbons (Fsp3) is 0.143. The highest BCUT2D eigenvalue weighted by Gasteiger charge is 2.23. The van der Waals surface area contributed by atoms with Gasteiger partial charge in [0.15, 0.2) is 0 Å². The smallest absolute Gasteiger partial charge is 0.341 e. The number of amides is 1. The summed E-state index contributed by atoms with van der Waals surface area (Å²) in [5.41, 5.74) is 4.18. The summed E-state index contributed by atoms with van der Waals surface area (Å²) in [6.45, 7) is 0.283. The first-order chi connectivity index (χ1) is 20.5. The largest absolute Gasteiger partial charge is 0.472 e. The molecule has 0 fully saturated rings. The van der Waals surface area contributed by atoms with Gasteiger partial charge in [0.05, 0.1) is 21.0 Å². The first-order valence-electron chi connectivity index (χ1n) is 13.8. The quantitative estimate of drug-likeness (QED) is 0.160. The number of esters is 1. The second-order valence-corrected chi connectivity index (χ2v) is 11.9. The number of benzene rings is 4. The van der Waals surface area contributed by atoms with Crippen molar-refractivity contribution >= 4 is 56.4 Å². The van der Waals surface area contributed by atoms with Crippen molar-refractivity contribution in [3.05, 3.63) is 141 Å². The average Bonchev–Trinajstić information content (AvgIpc) is 3.73. The number of ether oxygens (including phenoxy) is 1. The molecule has 2 heterocycles. The van der Waals surface area contributed by atoms with E-state index in [0.717, 1.165) is 24.8 Å². The third-order valence-electron chi connectivity index (χ3n) is 7.45. The molecule has 0 radical (unpaired) electrons. The molecule has 1 N–H and O–H groups in total. The number of halogens is 1. The molecule has 1 unspecified atom stereocenters. The highest BCUT2D eigenvalue weighted by atomic mass is 35.5. The second-order valence-electron chi connectivity index (χ2n) is 10.2. The molecule has 6 aromatic rings. The van der Waals surface area contributed by atoms with Gasteiger partial charge in [-0.2, -0.15) is 0 Å². The number of nitrogens with one attached hydrogen (secondary N) is 1. The number of thiophene rings is 1. The molecule has 1 amide bonds. The SMILES string of the molecule is O=C(NC1CCc2ccc3c(ccc4ccccc43)c2C1)c1ccc(Cl)s1.O=C(OCc1ccccc1)c1ccoc1. The molecule has 7 heteroatoms. The number of hydrogen-bond acceptors (Lipinski definition) is 5. The van der Waals surface area contributed by atoms with Gasteiger partial charge >= 0.3 is 5.97 Å². The van der Waals surface area contributed by atoms with E-state index in [1.165, 1.54) is 56.5 Å². The van der Waals surface area contributed by atoms with Crippen LogP contribution >= 0.6 is 22.9 Å². The van der Waals surface area contributed by atoms with E-state index in [-0.39, 0.29) is 24.5 Å². The zero-order valence-electron chi connectivity index (χ0n) is 22.7. The Hall–Kier alpha value is -4.39. The number of fused-ring (bicyclic) bond motifs is 5. The van der Waals surface area contributed by atoms with E-state index >= 15 is 0 Å². The molecule has 2 aromatic heterocycles. The Morgan fingerprint density at radius 2 is 1.69 bits per heavy atom. The van der Waals surface area contributed by atoms with Crippen molar-refractivity contribution in [3.63, 3.8) is 0 Å². The lowest BCUT2D eigenvalue weighted by Crippen LogP contribution is -2.38. The first-order valence-corrected chi connectivity index (χ1v) is 15.0. The minimum atomic E-state index is -0.368. The van der Waals surface area contributed by atoms with Gasteiger partial charge in [-0.05, 0) is 75.7 Å². The van der Waals surface area contributed by atoms with Gasteiger partial charge < -0.3 is 14.5 Å². The van der Waals surface area contributed by atoms with Crippen LogP contribution in [0.25, 0.3) is 21.5 Å². The Morgan fingerprint density at radius 3 is 2.48 bits per heavy atom. The lowest BCUT2D eigenvalue weighted by molar-refractivity contribution is 0.0471. The topological polar surface area (TPSA) is 68.5 Å². The highest BCUT2D eigenvalue weighted by Crippen LogP contribution is 2.33. The fourth-order valence-electron chi connectivity index (χ4n) is 5.35. The van der Waals surface area contributed by atoms with Crippen molar-refractivity contribution < 1.29 is 18.7 Å². The molecule has 7 rings (SSSR count). The maximum Gasteiger partial charge on any atom is 0.341 e. The van der Waals surface area contributed by atoms with Crippen LogP contribution in [0.15, 0.2) is 114 Å². The summed E-state index contributed by atoms with van der Waals surface area (Å²) in [5.74, 6) is -0.390. The lowest BCUT2D eigenvalue weighted by atomic mass is 9.84. The van der Waals surface area contributed by atoms with Gasteiger partial charge in [0, 0.05) is 6.04 Å². The number of carbonyl (C=O) groups excluding carboxylic acids is 2. The van der Waals surface area contributed by atoms with Crippen molar-refractivity contribution in [1.82, 2.24) is 5.32 Å². The maximum absolute atomic E-state index is 12.5. The summed E-state index contributed by atoms with van der Waals surface area (Å²) in [6.07, 6.45) is 5.65. The van der Waals surface area contributed by atoms with E-state index in [0.29, 0.717) is 14.8 Å². The van der Waals surface area contributed by atoms with Gasteiger partial charge in [0.25, 0.3) is 5.91 Å². The third-order valence-corrected chi connectivity index (χ3v) is 8.68. The number of aryl methyl sites for hydroxylation is 1. The van der Waals surface area contributed by atoms with E-state index in [1.54, 1.807) is 18.2 Å². The predicted molar refractivity (Wildman–Crippen MR) is 168 cm³/mol. The molecule has 0 aliphatic heterocycles. The third kappa shape index (κ3) is 6.25. The lowest BCUT2D eigenvalue weighted by Gasteiger charge is -2.27. The molecule has 210 valence electrons. The summed E-state index contributed by atoms with van der Waals surface area (Å²) >= 11 is 7.29. The van der Waals surface area contributed by atoms with Crippen LogP contribution in [-0.4, -0.2) is 17.9 Å². The standard InChI is InChI=1S/C23H18ClNOS.C12H10O3/c24-22-12-11-21(27-22)23(26)25-16-8-5-15-7-9-18-17-4-2-1-3-14(17)6-10-19(18)20(15)13-16;13-12(11-6-7-14-9-11)15-8-10-4-2-1-3-5-10/h1-4,6-7,9-12,16H,5,8,13H2,(H,25,26);1-7,9H,8H2. The van der Waals surface area contributed by atoms with Crippen LogP contribution in [0, 0.1) is 0 Å². The van der Waals surface area contributed by atoms with E-state index in [1.807, 2.05) is 30.3 Å². The van der Waals surface area contributed by atoms with Crippen LogP contribution in [0.1, 0.15) is 43.1 Å². The van der Waals surface area contributed by atoms with Gasteiger partial charge in [0.1, 0.15) is 12.9 Å². The van der Waals surface area contributed by atoms with Gasteiger partial charge in [-0.15, -0.1) is 11.3 Å². The molecule has 4 aromatic carbocycles. The Balaban J connectivity index is 0.000000179. The first kappa shape index (κ1) is 27.8. The van der Waals surface area contributed by atoms with Gasteiger partial charge in [-0.3, -0.25) is 4.79 Å². The maximum atomic E-state index is 12.5. The van der Waals surface area contributed by atoms with Crippen LogP contribution in [0.2, 0.25) is 4.34 Å². The molecule has 0 spiro atoms. The summed E-state index contributed by atoms with van der Waals surface area (Å²) in [5, 5.41) is 8.36.